The number of hydrogen-bond acceptors (Lipinski definition) is 4. The maximum atomic E-state index is 14.2. The predicted molar refractivity (Wildman–Crippen MR) is 83.1 cm³/mol. The largest absolute Gasteiger partial charge is 0.460 e. The Morgan fingerprint density at radius 3 is 1.82 bits per heavy atom. The van der Waals surface area contributed by atoms with Gasteiger partial charge in [0, 0.05) is 11.8 Å². The molecule has 1 atom stereocenters. The molecule has 6 heteroatoms. The van der Waals surface area contributed by atoms with E-state index in [4.69, 9.17) is 9.47 Å². The van der Waals surface area contributed by atoms with Crippen molar-refractivity contribution >= 4 is 12.1 Å². The van der Waals surface area contributed by atoms with Gasteiger partial charge in [0.05, 0.1) is 0 Å². The van der Waals surface area contributed by atoms with Crippen LogP contribution in [0.2, 0.25) is 0 Å². The van der Waals surface area contributed by atoms with E-state index in [0.717, 1.165) is 0 Å². The molecule has 130 valence electrons. The number of rotatable bonds is 5. The van der Waals surface area contributed by atoms with E-state index in [2.05, 4.69) is 5.32 Å². The minimum Gasteiger partial charge on any atom is -0.460 e. The van der Waals surface area contributed by atoms with Gasteiger partial charge in [-0.2, -0.15) is 0 Å². The zero-order valence-electron chi connectivity index (χ0n) is 15.0. The van der Waals surface area contributed by atoms with Crippen LogP contribution < -0.4 is 5.32 Å². The molecule has 0 aromatic heterocycles. The molecule has 5 nitrogen and oxygen atoms in total. The Bertz CT molecular complexity index is 394. The predicted octanol–water partition coefficient (Wildman–Crippen LogP) is 3.95. The van der Waals surface area contributed by atoms with Crippen LogP contribution in [-0.4, -0.2) is 29.6 Å². The lowest BCUT2D eigenvalue weighted by atomic mass is 9.86. The summed E-state index contributed by atoms with van der Waals surface area (Å²) < 4.78 is 24.4. The minimum atomic E-state index is -1.62. The highest BCUT2D eigenvalue weighted by molar-refractivity contribution is 5.70. The maximum Gasteiger partial charge on any atom is 0.409 e. The molecule has 0 spiro atoms. The average molecular weight is 319 g/mol. The lowest BCUT2D eigenvalue weighted by molar-refractivity contribution is -0.155. The van der Waals surface area contributed by atoms with Crippen LogP contribution in [0, 0.1) is 5.41 Å². The molecule has 0 aromatic rings. The molecule has 1 N–H and O–H groups in total. The maximum absolute atomic E-state index is 14.2. The van der Waals surface area contributed by atoms with E-state index in [9.17, 15) is 14.0 Å². The first-order valence-corrected chi connectivity index (χ1v) is 7.48. The second-order valence-electron chi connectivity index (χ2n) is 8.08. The van der Waals surface area contributed by atoms with Gasteiger partial charge in [-0.1, -0.05) is 13.8 Å². The van der Waals surface area contributed by atoms with E-state index in [0.29, 0.717) is 0 Å². The molecule has 22 heavy (non-hydrogen) atoms. The van der Waals surface area contributed by atoms with Crippen LogP contribution in [0.1, 0.15) is 68.2 Å². The van der Waals surface area contributed by atoms with Gasteiger partial charge in [-0.15, -0.1) is 0 Å². The standard InChI is InChI=1S/C16H30FNO4/c1-14(2,3)21-11(19)9-10-16(7,8)12(17)18-13(20)22-15(4,5)6/h12H,9-10H2,1-8H3,(H,18,20). The van der Waals surface area contributed by atoms with Crippen molar-refractivity contribution in [3.05, 3.63) is 0 Å². The molecule has 1 amide bonds. The summed E-state index contributed by atoms with van der Waals surface area (Å²) in [5, 5.41) is 2.17. The van der Waals surface area contributed by atoms with Crippen molar-refractivity contribution in [3.63, 3.8) is 0 Å². The quantitative estimate of drug-likeness (QED) is 0.615. The SMILES string of the molecule is CC(C)(C)OC(=O)CCC(C)(C)C(F)NC(=O)OC(C)(C)C. The molecule has 0 aliphatic heterocycles. The zero-order valence-corrected chi connectivity index (χ0v) is 15.0. The number of amides is 1. The number of carbonyl (C=O) groups is 2. The Kier molecular flexibility index (Phi) is 6.85. The van der Waals surface area contributed by atoms with Crippen molar-refractivity contribution in [2.75, 3.05) is 0 Å². The van der Waals surface area contributed by atoms with E-state index >= 15 is 0 Å². The van der Waals surface area contributed by atoms with Gasteiger partial charge < -0.3 is 9.47 Å². The van der Waals surface area contributed by atoms with Crippen LogP contribution in [0.25, 0.3) is 0 Å². The van der Waals surface area contributed by atoms with E-state index in [1.54, 1.807) is 55.4 Å². The molecule has 0 saturated carbocycles. The molecule has 0 radical (unpaired) electrons. The number of esters is 1. The van der Waals surface area contributed by atoms with E-state index < -0.39 is 29.0 Å². The van der Waals surface area contributed by atoms with Crippen molar-refractivity contribution in [3.8, 4) is 0 Å². The Hall–Kier alpha value is -1.33. The summed E-state index contributed by atoms with van der Waals surface area (Å²) in [5.41, 5.74) is -2.16. The minimum absolute atomic E-state index is 0.0840. The van der Waals surface area contributed by atoms with Crippen molar-refractivity contribution < 1.29 is 23.5 Å². The van der Waals surface area contributed by atoms with Gasteiger partial charge in [-0.3, -0.25) is 10.1 Å². The lowest BCUT2D eigenvalue weighted by Gasteiger charge is -2.30. The Morgan fingerprint density at radius 2 is 1.41 bits per heavy atom. The number of halogens is 1. The average Bonchev–Trinajstić information content (AvgIpc) is 2.21. The molecule has 0 aromatic carbocycles. The molecular weight excluding hydrogens is 289 g/mol. The Balaban J connectivity index is 4.42. The first-order valence-electron chi connectivity index (χ1n) is 7.48. The van der Waals surface area contributed by atoms with E-state index in [-0.39, 0.29) is 18.8 Å². The summed E-state index contributed by atoms with van der Waals surface area (Å²) in [7, 11) is 0. The number of ether oxygens (including phenoxy) is 2. The summed E-state index contributed by atoms with van der Waals surface area (Å²) in [6, 6.07) is 0. The van der Waals surface area contributed by atoms with Gasteiger partial charge in [0.25, 0.3) is 0 Å². The Morgan fingerprint density at radius 1 is 0.955 bits per heavy atom. The van der Waals surface area contributed by atoms with Crippen molar-refractivity contribution in [2.45, 2.75) is 85.7 Å². The molecular formula is C16H30FNO4. The monoisotopic (exact) mass is 319 g/mol. The molecule has 1 unspecified atom stereocenters. The topological polar surface area (TPSA) is 64.6 Å². The summed E-state index contributed by atoms with van der Waals surface area (Å²) in [6.07, 6.45) is -2.10. The second-order valence-corrected chi connectivity index (χ2v) is 8.08. The van der Waals surface area contributed by atoms with Gasteiger partial charge in [0.2, 0.25) is 0 Å². The first kappa shape index (κ1) is 20.7. The van der Waals surface area contributed by atoms with Crippen LogP contribution in [0.3, 0.4) is 0 Å². The van der Waals surface area contributed by atoms with Crippen LogP contribution >= 0.6 is 0 Å². The molecule has 0 aliphatic carbocycles. The second kappa shape index (κ2) is 7.29. The fourth-order valence-electron chi connectivity index (χ4n) is 1.55. The van der Waals surface area contributed by atoms with Crippen LogP contribution in [0.5, 0.6) is 0 Å². The molecule has 0 fully saturated rings. The molecule has 0 saturated heterocycles. The van der Waals surface area contributed by atoms with Crippen LogP contribution in [0.15, 0.2) is 0 Å². The van der Waals surface area contributed by atoms with Crippen molar-refractivity contribution in [1.29, 1.82) is 0 Å². The Labute approximate surface area is 132 Å². The van der Waals surface area contributed by atoms with Crippen molar-refractivity contribution in [2.24, 2.45) is 5.41 Å². The summed E-state index contributed by atoms with van der Waals surface area (Å²) in [6.45, 7) is 13.7. The normalized spacial score (nSPS) is 14.2. The van der Waals surface area contributed by atoms with Crippen molar-refractivity contribution in [1.82, 2.24) is 5.32 Å². The fourth-order valence-corrected chi connectivity index (χ4v) is 1.55. The highest BCUT2D eigenvalue weighted by Gasteiger charge is 2.33. The van der Waals surface area contributed by atoms with Crippen LogP contribution in [-0.2, 0) is 14.3 Å². The molecule has 0 heterocycles. The fraction of sp³-hybridized carbons (Fsp3) is 0.875. The summed E-state index contributed by atoms with van der Waals surface area (Å²) in [4.78, 5) is 23.3. The van der Waals surface area contributed by atoms with E-state index in [1.807, 2.05) is 0 Å². The molecule has 0 bridgehead atoms. The zero-order chi connectivity index (χ0) is 17.8. The number of carbonyl (C=O) groups excluding carboxylic acids is 2. The first-order chi connectivity index (χ1) is 9.62. The van der Waals surface area contributed by atoms with Gasteiger partial charge in [-0.05, 0) is 48.0 Å². The number of nitrogens with one attached hydrogen (secondary N) is 1. The van der Waals surface area contributed by atoms with Gasteiger partial charge in [0.1, 0.15) is 11.2 Å². The van der Waals surface area contributed by atoms with Gasteiger partial charge in [-0.25, -0.2) is 9.18 Å². The number of alkyl halides is 1. The smallest absolute Gasteiger partial charge is 0.409 e. The highest BCUT2D eigenvalue weighted by atomic mass is 19.1. The highest BCUT2D eigenvalue weighted by Crippen LogP contribution is 2.28. The lowest BCUT2D eigenvalue weighted by Crippen LogP contribution is -2.44. The summed E-state index contributed by atoms with van der Waals surface area (Å²) in [5.74, 6) is -0.384. The number of hydrogen-bond donors (Lipinski definition) is 1. The molecule has 0 rings (SSSR count). The van der Waals surface area contributed by atoms with Crippen LogP contribution in [0.4, 0.5) is 9.18 Å². The van der Waals surface area contributed by atoms with E-state index in [1.165, 1.54) is 0 Å². The third-order valence-electron chi connectivity index (χ3n) is 2.72. The molecule has 0 aliphatic rings. The third kappa shape index (κ3) is 9.58. The van der Waals surface area contributed by atoms with Gasteiger partial charge >= 0.3 is 12.1 Å². The third-order valence-corrected chi connectivity index (χ3v) is 2.72. The number of alkyl carbamates (subject to hydrolysis) is 1. The van der Waals surface area contributed by atoms with Gasteiger partial charge in [0.15, 0.2) is 6.30 Å². The summed E-state index contributed by atoms with van der Waals surface area (Å²) >= 11 is 0.